The molecule has 0 aliphatic carbocycles. The van der Waals surface area contributed by atoms with E-state index < -0.39 is 22.1 Å². The summed E-state index contributed by atoms with van der Waals surface area (Å²) in [4.78, 5) is 31.8. The largest absolute Gasteiger partial charge is 0.478 e. The first kappa shape index (κ1) is 9.90. The van der Waals surface area contributed by atoms with Crippen LogP contribution in [0, 0.1) is 10.1 Å². The molecule has 2 rings (SSSR count). The van der Waals surface area contributed by atoms with Gasteiger partial charge in [-0.2, -0.15) is 0 Å². The van der Waals surface area contributed by atoms with Crippen molar-refractivity contribution in [1.29, 1.82) is 0 Å². The van der Waals surface area contributed by atoms with Crippen molar-refractivity contribution in [3.8, 4) is 0 Å². The average Bonchev–Trinajstić information content (AvgIpc) is 2.59. The van der Waals surface area contributed by atoms with Gasteiger partial charge in [-0.25, -0.2) is 4.79 Å². The third kappa shape index (κ3) is 1.32. The van der Waals surface area contributed by atoms with Crippen LogP contribution in [0.4, 0.5) is 5.69 Å². The number of nitrogens with one attached hydrogen (secondary N) is 2. The van der Waals surface area contributed by atoms with Crippen LogP contribution >= 0.6 is 0 Å². The summed E-state index contributed by atoms with van der Waals surface area (Å²) < 4.78 is 0. The van der Waals surface area contributed by atoms with Crippen molar-refractivity contribution in [3.05, 3.63) is 38.2 Å². The number of nitro benzene ring substituents is 1. The molecule has 2 aromatic rings. The van der Waals surface area contributed by atoms with E-state index in [0.717, 1.165) is 12.1 Å². The van der Waals surface area contributed by atoms with Gasteiger partial charge in [0.25, 0.3) is 11.2 Å². The number of rotatable bonds is 2. The fourth-order valence-electron chi connectivity index (χ4n) is 1.42. The summed E-state index contributed by atoms with van der Waals surface area (Å²) >= 11 is 0. The van der Waals surface area contributed by atoms with Gasteiger partial charge in [-0.1, -0.05) is 0 Å². The van der Waals surface area contributed by atoms with Crippen LogP contribution in [-0.2, 0) is 0 Å². The first-order chi connectivity index (χ1) is 7.50. The minimum Gasteiger partial charge on any atom is -0.478 e. The van der Waals surface area contributed by atoms with Gasteiger partial charge in [0.15, 0.2) is 0 Å². The van der Waals surface area contributed by atoms with Gasteiger partial charge >= 0.3 is 5.97 Å². The number of aromatic carboxylic acids is 1. The molecule has 1 aromatic carbocycles. The Kier molecular flexibility index (Phi) is 1.97. The van der Waals surface area contributed by atoms with Gasteiger partial charge in [-0.3, -0.25) is 25.1 Å². The first-order valence-corrected chi connectivity index (χ1v) is 4.13. The van der Waals surface area contributed by atoms with Crippen molar-refractivity contribution in [2.24, 2.45) is 0 Å². The van der Waals surface area contributed by atoms with E-state index in [-0.39, 0.29) is 16.5 Å². The maximum absolute atomic E-state index is 11.2. The number of fused-ring (bicyclic) bond motifs is 1. The number of benzene rings is 1. The van der Waals surface area contributed by atoms with Crippen LogP contribution in [0.1, 0.15) is 10.4 Å². The van der Waals surface area contributed by atoms with E-state index >= 15 is 0 Å². The van der Waals surface area contributed by atoms with Crippen LogP contribution in [-0.4, -0.2) is 26.2 Å². The zero-order chi connectivity index (χ0) is 11.9. The number of aromatic nitrogens is 2. The fourth-order valence-corrected chi connectivity index (χ4v) is 1.42. The van der Waals surface area contributed by atoms with Gasteiger partial charge in [0, 0.05) is 6.07 Å². The van der Waals surface area contributed by atoms with Crippen LogP contribution in [0.2, 0.25) is 0 Å². The van der Waals surface area contributed by atoms with E-state index in [1.165, 1.54) is 0 Å². The van der Waals surface area contributed by atoms with E-state index in [0.29, 0.717) is 0 Å². The monoisotopic (exact) mass is 223 g/mol. The summed E-state index contributed by atoms with van der Waals surface area (Å²) in [5.41, 5.74) is -1.35. The van der Waals surface area contributed by atoms with Crippen LogP contribution in [0.3, 0.4) is 0 Å². The third-order valence-electron chi connectivity index (χ3n) is 2.10. The van der Waals surface area contributed by atoms with Gasteiger partial charge in [0.05, 0.1) is 16.0 Å². The number of carboxylic acid groups (broad SMARTS) is 1. The summed E-state index contributed by atoms with van der Waals surface area (Å²) in [5, 5.41) is 23.8. The fraction of sp³-hybridized carbons (Fsp3) is 0. The number of hydrogen-bond donors (Lipinski definition) is 3. The van der Waals surface area contributed by atoms with E-state index in [4.69, 9.17) is 5.11 Å². The number of non-ortho nitro benzene ring substituents is 1. The quantitative estimate of drug-likeness (QED) is 0.503. The smallest absolute Gasteiger partial charge is 0.336 e. The van der Waals surface area contributed by atoms with Crippen LogP contribution in [0.5, 0.6) is 0 Å². The molecule has 0 bridgehead atoms. The highest BCUT2D eigenvalue weighted by Gasteiger charge is 2.20. The maximum Gasteiger partial charge on any atom is 0.336 e. The summed E-state index contributed by atoms with van der Waals surface area (Å²) in [6.07, 6.45) is 0. The molecule has 8 heteroatoms. The van der Waals surface area contributed by atoms with Crippen molar-refractivity contribution >= 4 is 22.6 Å². The number of carboxylic acids is 1. The third-order valence-corrected chi connectivity index (χ3v) is 2.10. The Morgan fingerprint density at radius 1 is 1.38 bits per heavy atom. The van der Waals surface area contributed by atoms with Gasteiger partial charge in [0.1, 0.15) is 5.39 Å². The molecule has 0 radical (unpaired) electrons. The first-order valence-electron chi connectivity index (χ1n) is 4.13. The molecule has 1 heterocycles. The van der Waals surface area contributed by atoms with E-state index in [1.54, 1.807) is 0 Å². The molecule has 8 nitrogen and oxygen atoms in total. The van der Waals surface area contributed by atoms with E-state index in [1.807, 2.05) is 0 Å². The molecule has 82 valence electrons. The summed E-state index contributed by atoms with van der Waals surface area (Å²) in [6, 6.07) is 2.01. The Morgan fingerprint density at radius 2 is 2.06 bits per heavy atom. The molecule has 0 aliphatic heterocycles. The lowest BCUT2D eigenvalue weighted by Gasteiger charge is -1.96. The molecule has 0 amide bonds. The molecule has 0 fully saturated rings. The molecule has 0 spiro atoms. The second-order valence-electron chi connectivity index (χ2n) is 3.06. The van der Waals surface area contributed by atoms with E-state index in [9.17, 15) is 19.7 Å². The number of nitrogens with zero attached hydrogens (tertiary/aromatic N) is 1. The van der Waals surface area contributed by atoms with Crippen molar-refractivity contribution in [3.63, 3.8) is 0 Å². The number of carbonyl (C=O) groups is 1. The molecule has 0 saturated heterocycles. The average molecular weight is 223 g/mol. The van der Waals surface area contributed by atoms with Gasteiger partial charge < -0.3 is 5.11 Å². The highest BCUT2D eigenvalue weighted by Crippen LogP contribution is 2.23. The summed E-state index contributed by atoms with van der Waals surface area (Å²) in [6.45, 7) is 0. The number of H-pyrrole nitrogens is 2. The summed E-state index contributed by atoms with van der Waals surface area (Å²) in [7, 11) is 0. The number of hydrogen-bond acceptors (Lipinski definition) is 4. The molecular weight excluding hydrogens is 218 g/mol. The molecular formula is C8H5N3O5. The standard InChI is InChI=1S/C8H5N3O5/c12-7-6-4(9-10-7)1-3(8(13)14)2-5(6)11(15)16/h1-2H,(H,13,14)(H2,9,10,12). The van der Waals surface area contributed by atoms with Gasteiger partial charge in [0.2, 0.25) is 0 Å². The Labute approximate surface area is 86.6 Å². The Balaban J connectivity index is 2.92. The van der Waals surface area contributed by atoms with Gasteiger partial charge in [-0.05, 0) is 6.07 Å². The lowest BCUT2D eigenvalue weighted by molar-refractivity contribution is -0.383. The molecule has 0 unspecified atom stereocenters. The molecule has 16 heavy (non-hydrogen) atoms. The molecule has 0 aliphatic rings. The van der Waals surface area contributed by atoms with Crippen LogP contribution in [0.15, 0.2) is 16.9 Å². The minimum atomic E-state index is -1.30. The topological polar surface area (TPSA) is 129 Å². The summed E-state index contributed by atoms with van der Waals surface area (Å²) in [5.74, 6) is -1.30. The van der Waals surface area contributed by atoms with Gasteiger partial charge in [-0.15, -0.1) is 0 Å². The van der Waals surface area contributed by atoms with Crippen LogP contribution < -0.4 is 5.56 Å². The normalized spacial score (nSPS) is 10.5. The molecule has 3 N–H and O–H groups in total. The second-order valence-corrected chi connectivity index (χ2v) is 3.06. The number of aromatic amines is 2. The lowest BCUT2D eigenvalue weighted by atomic mass is 10.1. The van der Waals surface area contributed by atoms with Crippen LogP contribution in [0.25, 0.3) is 10.9 Å². The SMILES string of the molecule is O=C(O)c1cc([N+](=O)[O-])c2c(=O)[nH][nH]c2c1. The highest BCUT2D eigenvalue weighted by molar-refractivity contribution is 5.97. The predicted octanol–water partition coefficient (Wildman–Crippen LogP) is 0.463. The van der Waals surface area contributed by atoms with Crippen molar-refractivity contribution < 1.29 is 14.8 Å². The van der Waals surface area contributed by atoms with Crippen molar-refractivity contribution in [2.75, 3.05) is 0 Å². The molecule has 0 atom stereocenters. The lowest BCUT2D eigenvalue weighted by Crippen LogP contribution is -2.03. The highest BCUT2D eigenvalue weighted by atomic mass is 16.6. The Bertz CT molecular complexity index is 653. The van der Waals surface area contributed by atoms with Crippen molar-refractivity contribution in [1.82, 2.24) is 10.2 Å². The van der Waals surface area contributed by atoms with E-state index in [2.05, 4.69) is 10.2 Å². The Morgan fingerprint density at radius 3 is 2.62 bits per heavy atom. The second kappa shape index (κ2) is 3.19. The minimum absolute atomic E-state index is 0.0941. The number of nitro groups is 1. The predicted molar refractivity (Wildman–Crippen MR) is 52.5 cm³/mol. The molecule has 1 aromatic heterocycles. The maximum atomic E-state index is 11.2. The zero-order valence-corrected chi connectivity index (χ0v) is 7.68. The zero-order valence-electron chi connectivity index (χ0n) is 7.68. The Hall–Kier alpha value is -2.64. The van der Waals surface area contributed by atoms with Crippen molar-refractivity contribution in [2.45, 2.75) is 0 Å². The molecule has 0 saturated carbocycles.